The van der Waals surface area contributed by atoms with Gasteiger partial charge in [-0.2, -0.15) is 4.31 Å². The molecule has 2 saturated heterocycles. The number of sulfonamides is 1. The van der Waals surface area contributed by atoms with Gasteiger partial charge in [0, 0.05) is 38.3 Å². The van der Waals surface area contributed by atoms with Gasteiger partial charge in [0.15, 0.2) is 0 Å². The summed E-state index contributed by atoms with van der Waals surface area (Å²) >= 11 is 0. The quantitative estimate of drug-likeness (QED) is 0.777. The van der Waals surface area contributed by atoms with Gasteiger partial charge in [-0.05, 0) is 32.2 Å². The maximum absolute atomic E-state index is 12.9. The zero-order chi connectivity index (χ0) is 18.0. The molecule has 1 aromatic carbocycles. The summed E-state index contributed by atoms with van der Waals surface area (Å²) in [6.45, 7) is 5.83. The van der Waals surface area contributed by atoms with Crippen LogP contribution in [0, 0.1) is 0 Å². The fourth-order valence-electron chi connectivity index (χ4n) is 3.16. The SMILES string of the molecule is CC1COCCN1C(=O)c1cccc(S(=O)(=O)N2CCN(C)CC2)c1. The van der Waals surface area contributed by atoms with Crippen molar-refractivity contribution in [1.82, 2.24) is 14.1 Å². The molecular weight excluding hydrogens is 342 g/mol. The molecule has 1 unspecified atom stereocenters. The monoisotopic (exact) mass is 367 g/mol. The number of hydrogen-bond acceptors (Lipinski definition) is 5. The summed E-state index contributed by atoms with van der Waals surface area (Å²) in [7, 11) is -1.60. The van der Waals surface area contributed by atoms with Crippen LogP contribution in [0.2, 0.25) is 0 Å². The summed E-state index contributed by atoms with van der Waals surface area (Å²) in [5.41, 5.74) is 0.406. The minimum atomic E-state index is -3.57. The third kappa shape index (κ3) is 3.87. The molecule has 1 atom stereocenters. The van der Waals surface area contributed by atoms with E-state index in [0.29, 0.717) is 51.5 Å². The smallest absolute Gasteiger partial charge is 0.254 e. The summed E-state index contributed by atoms with van der Waals surface area (Å²) in [6, 6.07) is 6.36. The molecule has 8 heteroatoms. The van der Waals surface area contributed by atoms with Crippen molar-refractivity contribution in [1.29, 1.82) is 0 Å². The Balaban J connectivity index is 1.82. The predicted octanol–water partition coefficient (Wildman–Crippen LogP) is 0.484. The van der Waals surface area contributed by atoms with E-state index in [1.807, 2.05) is 14.0 Å². The number of nitrogens with zero attached hydrogens (tertiary/aromatic N) is 3. The van der Waals surface area contributed by atoms with E-state index >= 15 is 0 Å². The lowest BCUT2D eigenvalue weighted by Gasteiger charge is -2.33. The topological polar surface area (TPSA) is 70.2 Å². The largest absolute Gasteiger partial charge is 0.377 e. The predicted molar refractivity (Wildman–Crippen MR) is 94.0 cm³/mol. The van der Waals surface area contributed by atoms with Gasteiger partial charge < -0.3 is 14.5 Å². The van der Waals surface area contributed by atoms with Crippen LogP contribution >= 0.6 is 0 Å². The molecule has 138 valence electrons. The Hall–Kier alpha value is -1.48. The van der Waals surface area contributed by atoms with Crippen LogP contribution in [0.3, 0.4) is 0 Å². The zero-order valence-corrected chi connectivity index (χ0v) is 15.5. The first-order valence-electron chi connectivity index (χ1n) is 8.57. The van der Waals surface area contributed by atoms with E-state index in [-0.39, 0.29) is 16.8 Å². The number of piperazine rings is 1. The molecule has 3 rings (SSSR count). The maximum Gasteiger partial charge on any atom is 0.254 e. The Morgan fingerprint density at radius 3 is 2.56 bits per heavy atom. The molecule has 0 N–H and O–H groups in total. The molecule has 0 saturated carbocycles. The number of carbonyl (C=O) groups excluding carboxylic acids is 1. The van der Waals surface area contributed by atoms with E-state index in [1.54, 1.807) is 23.1 Å². The summed E-state index contributed by atoms with van der Waals surface area (Å²) in [5, 5.41) is 0. The lowest BCUT2D eigenvalue weighted by molar-refractivity contribution is 0.00358. The number of amides is 1. The van der Waals surface area contributed by atoms with Gasteiger partial charge in [-0.3, -0.25) is 4.79 Å². The Morgan fingerprint density at radius 2 is 1.88 bits per heavy atom. The molecule has 2 heterocycles. The number of benzene rings is 1. The van der Waals surface area contributed by atoms with E-state index in [2.05, 4.69) is 4.90 Å². The van der Waals surface area contributed by atoms with E-state index < -0.39 is 10.0 Å². The Labute approximate surface area is 149 Å². The number of morpholine rings is 1. The lowest BCUT2D eigenvalue weighted by Crippen LogP contribution is -2.47. The van der Waals surface area contributed by atoms with Crippen molar-refractivity contribution in [2.75, 3.05) is 53.0 Å². The average molecular weight is 367 g/mol. The highest BCUT2D eigenvalue weighted by molar-refractivity contribution is 7.89. The number of likely N-dealkylation sites (N-methyl/N-ethyl adjacent to an activating group) is 1. The molecular formula is C17H25N3O4S. The van der Waals surface area contributed by atoms with Crippen molar-refractivity contribution in [3.8, 4) is 0 Å². The average Bonchev–Trinajstić information content (AvgIpc) is 2.62. The van der Waals surface area contributed by atoms with Crippen LogP contribution in [0.15, 0.2) is 29.2 Å². The second kappa shape index (κ2) is 7.41. The van der Waals surface area contributed by atoms with Crippen LogP contribution in [0.5, 0.6) is 0 Å². The van der Waals surface area contributed by atoms with Crippen LogP contribution in [-0.4, -0.2) is 87.5 Å². The first-order valence-corrected chi connectivity index (χ1v) is 10.0. The maximum atomic E-state index is 12.9. The van der Waals surface area contributed by atoms with E-state index in [0.717, 1.165) is 0 Å². The summed E-state index contributed by atoms with van der Waals surface area (Å²) in [6.07, 6.45) is 0. The van der Waals surface area contributed by atoms with Gasteiger partial charge in [-0.15, -0.1) is 0 Å². The fourth-order valence-corrected chi connectivity index (χ4v) is 4.63. The molecule has 2 aliphatic heterocycles. The van der Waals surface area contributed by atoms with Gasteiger partial charge in [0.05, 0.1) is 24.2 Å². The number of ether oxygens (including phenoxy) is 1. The van der Waals surface area contributed by atoms with Crippen molar-refractivity contribution in [2.45, 2.75) is 17.9 Å². The molecule has 0 spiro atoms. The Bertz CT molecular complexity index is 729. The molecule has 0 bridgehead atoms. The molecule has 25 heavy (non-hydrogen) atoms. The van der Waals surface area contributed by atoms with E-state index in [1.165, 1.54) is 10.4 Å². The third-order valence-electron chi connectivity index (χ3n) is 4.81. The normalized spacial score (nSPS) is 23.6. The van der Waals surface area contributed by atoms with Gasteiger partial charge in [0.1, 0.15) is 0 Å². The zero-order valence-electron chi connectivity index (χ0n) is 14.7. The van der Waals surface area contributed by atoms with E-state index in [4.69, 9.17) is 4.74 Å². The van der Waals surface area contributed by atoms with Gasteiger partial charge >= 0.3 is 0 Å². The van der Waals surface area contributed by atoms with Crippen molar-refractivity contribution < 1.29 is 17.9 Å². The van der Waals surface area contributed by atoms with Gasteiger partial charge in [-0.1, -0.05) is 6.07 Å². The summed E-state index contributed by atoms with van der Waals surface area (Å²) in [5.74, 6) is -0.147. The Kier molecular flexibility index (Phi) is 5.43. The van der Waals surface area contributed by atoms with Crippen LogP contribution in [-0.2, 0) is 14.8 Å². The van der Waals surface area contributed by atoms with Crippen molar-refractivity contribution >= 4 is 15.9 Å². The first-order chi connectivity index (χ1) is 11.9. The Morgan fingerprint density at radius 1 is 1.16 bits per heavy atom. The van der Waals surface area contributed by atoms with Crippen molar-refractivity contribution in [3.05, 3.63) is 29.8 Å². The minimum Gasteiger partial charge on any atom is -0.377 e. The van der Waals surface area contributed by atoms with Gasteiger partial charge in [0.25, 0.3) is 5.91 Å². The second-order valence-electron chi connectivity index (χ2n) is 6.66. The minimum absolute atomic E-state index is 0.0147. The molecule has 1 aromatic rings. The molecule has 0 aliphatic carbocycles. The van der Waals surface area contributed by atoms with Gasteiger partial charge in [0.2, 0.25) is 10.0 Å². The highest BCUT2D eigenvalue weighted by Crippen LogP contribution is 2.20. The summed E-state index contributed by atoms with van der Waals surface area (Å²) in [4.78, 5) is 16.8. The number of carbonyl (C=O) groups is 1. The molecule has 7 nitrogen and oxygen atoms in total. The standard InChI is InChI=1S/C17H25N3O4S/c1-14-13-24-11-10-20(14)17(21)15-4-3-5-16(12-15)25(22,23)19-8-6-18(2)7-9-19/h3-5,12,14H,6-11,13H2,1-2H3. The van der Waals surface area contributed by atoms with Crippen LogP contribution in [0.4, 0.5) is 0 Å². The van der Waals surface area contributed by atoms with Crippen LogP contribution < -0.4 is 0 Å². The van der Waals surface area contributed by atoms with E-state index in [9.17, 15) is 13.2 Å². The highest BCUT2D eigenvalue weighted by Gasteiger charge is 2.29. The highest BCUT2D eigenvalue weighted by atomic mass is 32.2. The molecule has 2 fully saturated rings. The molecule has 2 aliphatic rings. The lowest BCUT2D eigenvalue weighted by atomic mass is 10.1. The van der Waals surface area contributed by atoms with Crippen molar-refractivity contribution in [3.63, 3.8) is 0 Å². The third-order valence-corrected chi connectivity index (χ3v) is 6.70. The van der Waals surface area contributed by atoms with Crippen molar-refractivity contribution in [2.24, 2.45) is 0 Å². The molecule has 1 amide bonds. The van der Waals surface area contributed by atoms with Crippen LogP contribution in [0.1, 0.15) is 17.3 Å². The fraction of sp³-hybridized carbons (Fsp3) is 0.588. The number of hydrogen-bond donors (Lipinski definition) is 0. The van der Waals surface area contributed by atoms with Crippen LogP contribution in [0.25, 0.3) is 0 Å². The molecule has 0 radical (unpaired) electrons. The number of rotatable bonds is 3. The molecule has 0 aromatic heterocycles. The van der Waals surface area contributed by atoms with Gasteiger partial charge in [-0.25, -0.2) is 8.42 Å². The second-order valence-corrected chi connectivity index (χ2v) is 8.60. The summed E-state index contributed by atoms with van der Waals surface area (Å²) < 4.78 is 32.6. The first kappa shape index (κ1) is 18.3.